The molecular formula is C29H35NO8S. The van der Waals surface area contributed by atoms with E-state index in [0.717, 1.165) is 0 Å². The van der Waals surface area contributed by atoms with Crippen molar-refractivity contribution in [1.29, 1.82) is 0 Å². The molecule has 0 saturated carbocycles. The zero-order valence-electron chi connectivity index (χ0n) is 22.0. The van der Waals surface area contributed by atoms with Gasteiger partial charge in [0.1, 0.15) is 17.6 Å². The van der Waals surface area contributed by atoms with E-state index in [1.54, 1.807) is 0 Å². The number of carbonyl (C=O) groups excluding carboxylic acids is 1. The summed E-state index contributed by atoms with van der Waals surface area (Å²) in [5, 5.41) is 8.85. The van der Waals surface area contributed by atoms with E-state index in [1.165, 1.54) is 68.0 Å². The lowest BCUT2D eigenvalue weighted by Crippen LogP contribution is -2.43. The fourth-order valence-corrected chi connectivity index (χ4v) is 4.95. The molecule has 0 spiro atoms. The van der Waals surface area contributed by atoms with Gasteiger partial charge in [-0.15, -0.1) is 0 Å². The Bertz CT molecular complexity index is 1210. The van der Waals surface area contributed by atoms with Crippen LogP contribution in [-0.2, 0) is 19.9 Å². The quantitative estimate of drug-likeness (QED) is 0.223. The lowest BCUT2D eigenvalue weighted by Gasteiger charge is -2.38. The second-order valence-electron chi connectivity index (χ2n) is 9.52. The van der Waals surface area contributed by atoms with Crippen LogP contribution in [0.25, 0.3) is 0 Å². The zero-order valence-corrected chi connectivity index (χ0v) is 22.8. The third kappa shape index (κ3) is 10.4. The largest absolute Gasteiger partial charge is 0.508 e. The Morgan fingerprint density at radius 1 is 0.846 bits per heavy atom. The van der Waals surface area contributed by atoms with Crippen molar-refractivity contribution in [2.45, 2.75) is 56.9 Å². The van der Waals surface area contributed by atoms with Crippen molar-refractivity contribution in [1.82, 2.24) is 4.90 Å². The molecule has 3 N–H and O–H groups in total. The summed E-state index contributed by atoms with van der Waals surface area (Å²) in [7, 11) is -2.38. The molecule has 2 fully saturated rings. The number of hydrogen-bond donors (Lipinski definition) is 3. The van der Waals surface area contributed by atoms with Crippen LogP contribution in [0.2, 0.25) is 0 Å². The van der Waals surface area contributed by atoms with Gasteiger partial charge in [0, 0.05) is 19.0 Å². The lowest BCUT2D eigenvalue weighted by molar-refractivity contribution is -0.131. The van der Waals surface area contributed by atoms with Gasteiger partial charge in [-0.05, 0) is 68.1 Å². The van der Waals surface area contributed by atoms with Crippen molar-refractivity contribution >= 4 is 16.4 Å². The van der Waals surface area contributed by atoms with Gasteiger partial charge >= 0.3 is 16.4 Å². The Morgan fingerprint density at radius 2 is 1.28 bits per heavy atom. The van der Waals surface area contributed by atoms with Gasteiger partial charge < -0.3 is 19.5 Å². The molecule has 2 bridgehead atoms. The third-order valence-electron chi connectivity index (χ3n) is 6.69. The van der Waals surface area contributed by atoms with E-state index in [1.807, 2.05) is 0 Å². The van der Waals surface area contributed by atoms with Gasteiger partial charge in [0.15, 0.2) is 0 Å². The molecule has 2 atom stereocenters. The Hall–Kier alpha value is -3.28. The minimum absolute atomic E-state index is 0.0465. The third-order valence-corrected chi connectivity index (χ3v) is 6.69. The number of phenolic OH excluding ortho intramolecular Hbond substituents is 1. The Kier molecular flexibility index (Phi) is 11.0. The van der Waals surface area contributed by atoms with Crippen molar-refractivity contribution in [3.63, 3.8) is 0 Å². The van der Waals surface area contributed by atoms with Gasteiger partial charge in [0.2, 0.25) is 0 Å². The first kappa shape index (κ1) is 30.3. The SMILES string of the molecule is CC(=O)Oc1ccc(O)cc1.CN1C2CCC1CC(OC(c1ccccc1)c1ccccc1)C2.O=S(=O)(O)O. The summed E-state index contributed by atoms with van der Waals surface area (Å²) in [6, 6.07) is 28.7. The molecule has 39 heavy (non-hydrogen) atoms. The van der Waals surface area contributed by atoms with Crippen LogP contribution in [0, 0.1) is 0 Å². The van der Waals surface area contributed by atoms with E-state index in [4.69, 9.17) is 32.1 Å². The first-order valence-electron chi connectivity index (χ1n) is 12.6. The summed E-state index contributed by atoms with van der Waals surface area (Å²) in [4.78, 5) is 13.0. The van der Waals surface area contributed by atoms with Gasteiger partial charge in [0.05, 0.1) is 6.10 Å². The van der Waals surface area contributed by atoms with Crippen LogP contribution in [0.5, 0.6) is 11.5 Å². The molecule has 3 aromatic rings. The summed E-state index contributed by atoms with van der Waals surface area (Å²) >= 11 is 0. The fourth-order valence-electron chi connectivity index (χ4n) is 4.95. The fraction of sp³-hybridized carbons (Fsp3) is 0.345. The highest BCUT2D eigenvalue weighted by molar-refractivity contribution is 7.79. The van der Waals surface area contributed by atoms with E-state index >= 15 is 0 Å². The van der Waals surface area contributed by atoms with Crippen molar-refractivity contribution in [3.05, 3.63) is 96.1 Å². The monoisotopic (exact) mass is 557 g/mol. The summed E-state index contributed by atoms with van der Waals surface area (Å²) in [6.07, 6.45) is 5.43. The van der Waals surface area contributed by atoms with Gasteiger partial charge in [0.25, 0.3) is 0 Å². The molecule has 0 radical (unpaired) electrons. The van der Waals surface area contributed by atoms with Crippen LogP contribution in [0.3, 0.4) is 0 Å². The van der Waals surface area contributed by atoms with E-state index < -0.39 is 10.4 Å². The van der Waals surface area contributed by atoms with Crippen LogP contribution in [0.15, 0.2) is 84.9 Å². The van der Waals surface area contributed by atoms with Crippen molar-refractivity contribution in [3.8, 4) is 11.5 Å². The molecule has 0 amide bonds. The number of fused-ring (bicyclic) bond motifs is 2. The average Bonchev–Trinajstić information content (AvgIpc) is 3.09. The summed E-state index contributed by atoms with van der Waals surface area (Å²) in [5.74, 6) is 0.229. The highest BCUT2D eigenvalue weighted by atomic mass is 32.3. The number of nitrogens with zero attached hydrogens (tertiary/aromatic N) is 1. The number of esters is 1. The molecule has 0 aromatic heterocycles. The minimum atomic E-state index is -4.67. The van der Waals surface area contributed by atoms with Crippen molar-refractivity contribution in [2.75, 3.05) is 7.05 Å². The minimum Gasteiger partial charge on any atom is -0.508 e. The second kappa shape index (κ2) is 14.2. The van der Waals surface area contributed by atoms with Crippen LogP contribution in [-0.4, -0.2) is 58.7 Å². The maximum atomic E-state index is 10.4. The molecular weight excluding hydrogens is 522 g/mol. The Balaban J connectivity index is 0.000000219. The standard InChI is InChI=1S/C21H25NO.C8H8O3.H2O4S/c1-22-18-12-13-19(22)15-20(14-18)23-21(16-8-4-2-5-9-16)17-10-6-3-7-11-17;1-6(9)11-8-4-2-7(10)3-5-8;1-5(2,3)4/h2-11,18-21H,12-15H2,1H3;2-5,10H,1H3;(H2,1,2,3,4). The Labute approximate surface area is 229 Å². The summed E-state index contributed by atoms with van der Waals surface area (Å²) in [6.45, 7) is 1.33. The van der Waals surface area contributed by atoms with Gasteiger partial charge in [-0.1, -0.05) is 60.7 Å². The maximum Gasteiger partial charge on any atom is 0.394 e. The average molecular weight is 558 g/mol. The maximum absolute atomic E-state index is 10.4. The number of rotatable bonds is 5. The molecule has 10 heteroatoms. The predicted molar refractivity (Wildman–Crippen MR) is 147 cm³/mol. The van der Waals surface area contributed by atoms with Gasteiger partial charge in [-0.3, -0.25) is 13.9 Å². The van der Waals surface area contributed by atoms with Crippen LogP contribution in [0.4, 0.5) is 0 Å². The topological polar surface area (TPSA) is 134 Å². The normalized spacial score (nSPS) is 20.3. The molecule has 3 aromatic carbocycles. The number of carbonyl (C=O) groups is 1. The number of hydrogen-bond acceptors (Lipinski definition) is 7. The molecule has 2 heterocycles. The number of benzene rings is 3. The zero-order chi connectivity index (χ0) is 28.4. The summed E-state index contributed by atoms with van der Waals surface area (Å²) < 4.78 is 43.0. The van der Waals surface area contributed by atoms with E-state index in [0.29, 0.717) is 23.9 Å². The highest BCUT2D eigenvalue weighted by Gasteiger charge is 2.39. The molecule has 210 valence electrons. The van der Waals surface area contributed by atoms with E-state index in [-0.39, 0.29) is 17.8 Å². The number of piperidine rings is 1. The van der Waals surface area contributed by atoms with Crippen LogP contribution >= 0.6 is 0 Å². The summed E-state index contributed by atoms with van der Waals surface area (Å²) in [5.41, 5.74) is 2.51. The second-order valence-corrected chi connectivity index (χ2v) is 10.4. The van der Waals surface area contributed by atoms with Gasteiger partial charge in [-0.2, -0.15) is 8.42 Å². The molecule has 2 unspecified atom stereocenters. The van der Waals surface area contributed by atoms with Crippen molar-refractivity contribution in [2.24, 2.45) is 0 Å². The predicted octanol–water partition coefficient (Wildman–Crippen LogP) is 5.08. The number of phenols is 1. The van der Waals surface area contributed by atoms with E-state index in [9.17, 15) is 4.79 Å². The highest BCUT2D eigenvalue weighted by Crippen LogP contribution is 2.38. The molecule has 2 aliphatic heterocycles. The number of aromatic hydroxyl groups is 1. The molecule has 5 rings (SSSR count). The van der Waals surface area contributed by atoms with Crippen LogP contribution in [0.1, 0.15) is 49.8 Å². The first-order chi connectivity index (χ1) is 18.5. The first-order valence-corrected chi connectivity index (χ1v) is 14.0. The van der Waals surface area contributed by atoms with Crippen LogP contribution < -0.4 is 4.74 Å². The smallest absolute Gasteiger partial charge is 0.394 e. The lowest BCUT2D eigenvalue weighted by atomic mass is 9.97. The Morgan fingerprint density at radius 3 is 1.69 bits per heavy atom. The molecule has 9 nitrogen and oxygen atoms in total. The van der Waals surface area contributed by atoms with Crippen molar-refractivity contribution < 1.29 is 36.9 Å². The van der Waals surface area contributed by atoms with E-state index in [2.05, 4.69) is 72.6 Å². The molecule has 0 aliphatic carbocycles. The molecule has 2 saturated heterocycles. The molecule has 2 aliphatic rings. The number of ether oxygens (including phenoxy) is 2. The van der Waals surface area contributed by atoms with Gasteiger partial charge in [-0.25, -0.2) is 0 Å².